The molecule has 0 saturated carbocycles. The molecule has 2 nitrogen and oxygen atoms in total. The zero-order chi connectivity index (χ0) is 12.9. The fourth-order valence-corrected chi connectivity index (χ4v) is 2.56. The highest BCUT2D eigenvalue weighted by atomic mass is 15.1. The van der Waals surface area contributed by atoms with Crippen molar-refractivity contribution in [3.05, 3.63) is 0 Å². The van der Waals surface area contributed by atoms with Crippen molar-refractivity contribution in [3.8, 4) is 0 Å². The van der Waals surface area contributed by atoms with Crippen molar-refractivity contribution in [2.45, 2.75) is 53.9 Å². The molecular weight excluding hydrogens is 208 g/mol. The Morgan fingerprint density at radius 3 is 2.47 bits per heavy atom. The molecule has 0 aromatic rings. The van der Waals surface area contributed by atoms with Crippen LogP contribution in [-0.4, -0.2) is 37.6 Å². The topological polar surface area (TPSA) is 15.3 Å². The standard InChI is InChI=1S/C15H32N2/c1-14(2,3)8-9-16-10-12-17-11-6-7-15(4,5)13-17/h16H,6-13H2,1-5H3. The first-order valence-corrected chi connectivity index (χ1v) is 7.22. The number of hydrogen-bond acceptors (Lipinski definition) is 2. The van der Waals surface area contributed by atoms with Gasteiger partial charge in [-0.2, -0.15) is 0 Å². The summed E-state index contributed by atoms with van der Waals surface area (Å²) in [4.78, 5) is 2.62. The van der Waals surface area contributed by atoms with E-state index in [0.717, 1.165) is 13.1 Å². The predicted molar refractivity (Wildman–Crippen MR) is 76.4 cm³/mol. The lowest BCUT2D eigenvalue weighted by atomic mass is 9.84. The van der Waals surface area contributed by atoms with Crippen molar-refractivity contribution < 1.29 is 0 Å². The molecule has 0 aromatic heterocycles. The van der Waals surface area contributed by atoms with E-state index in [1.165, 1.54) is 38.9 Å². The van der Waals surface area contributed by atoms with Crippen molar-refractivity contribution in [1.29, 1.82) is 0 Å². The van der Waals surface area contributed by atoms with Crippen LogP contribution in [0.5, 0.6) is 0 Å². The van der Waals surface area contributed by atoms with Gasteiger partial charge in [0.25, 0.3) is 0 Å². The summed E-state index contributed by atoms with van der Waals surface area (Å²) in [6, 6.07) is 0. The number of nitrogens with zero attached hydrogens (tertiary/aromatic N) is 1. The van der Waals surface area contributed by atoms with Crippen molar-refractivity contribution in [1.82, 2.24) is 10.2 Å². The lowest BCUT2D eigenvalue weighted by Crippen LogP contribution is -2.43. The van der Waals surface area contributed by atoms with Gasteiger partial charge in [-0.05, 0) is 43.2 Å². The smallest absolute Gasteiger partial charge is 0.0107 e. The molecular formula is C15H32N2. The molecule has 1 saturated heterocycles. The van der Waals surface area contributed by atoms with Crippen molar-refractivity contribution >= 4 is 0 Å². The number of rotatable bonds is 5. The lowest BCUT2D eigenvalue weighted by Gasteiger charge is -2.38. The van der Waals surface area contributed by atoms with Crippen LogP contribution in [0.4, 0.5) is 0 Å². The van der Waals surface area contributed by atoms with E-state index < -0.39 is 0 Å². The maximum Gasteiger partial charge on any atom is 0.0107 e. The summed E-state index contributed by atoms with van der Waals surface area (Å²) in [6.45, 7) is 17.8. The average molecular weight is 240 g/mol. The van der Waals surface area contributed by atoms with Gasteiger partial charge in [0.05, 0.1) is 0 Å². The molecule has 0 atom stereocenters. The largest absolute Gasteiger partial charge is 0.315 e. The molecule has 1 aliphatic rings. The minimum Gasteiger partial charge on any atom is -0.315 e. The molecule has 1 aliphatic heterocycles. The minimum atomic E-state index is 0.458. The Bertz CT molecular complexity index is 215. The highest BCUT2D eigenvalue weighted by Gasteiger charge is 2.25. The van der Waals surface area contributed by atoms with Crippen molar-refractivity contribution in [2.75, 3.05) is 32.7 Å². The first-order chi connectivity index (χ1) is 7.79. The first kappa shape index (κ1) is 15.0. The molecule has 1 rings (SSSR count). The molecule has 1 N–H and O–H groups in total. The molecule has 2 heteroatoms. The fraction of sp³-hybridized carbons (Fsp3) is 1.00. The van der Waals surface area contributed by atoms with E-state index in [1.54, 1.807) is 0 Å². The molecule has 0 amide bonds. The monoisotopic (exact) mass is 240 g/mol. The van der Waals surface area contributed by atoms with Gasteiger partial charge in [-0.25, -0.2) is 0 Å². The van der Waals surface area contributed by atoms with Crippen LogP contribution >= 0.6 is 0 Å². The second-order valence-corrected chi connectivity index (χ2v) is 7.60. The van der Waals surface area contributed by atoms with Crippen LogP contribution in [0.25, 0.3) is 0 Å². The summed E-state index contributed by atoms with van der Waals surface area (Å²) < 4.78 is 0. The van der Waals surface area contributed by atoms with Crippen LogP contribution < -0.4 is 5.32 Å². The van der Waals surface area contributed by atoms with E-state index in [0.29, 0.717) is 10.8 Å². The Morgan fingerprint density at radius 2 is 1.88 bits per heavy atom. The van der Waals surface area contributed by atoms with Crippen LogP contribution in [0.3, 0.4) is 0 Å². The fourth-order valence-electron chi connectivity index (χ4n) is 2.56. The Kier molecular flexibility index (Phi) is 5.46. The molecule has 0 bridgehead atoms. The highest BCUT2D eigenvalue weighted by molar-refractivity contribution is 4.79. The molecule has 0 aliphatic carbocycles. The Labute approximate surface area is 108 Å². The van der Waals surface area contributed by atoms with Gasteiger partial charge in [0.2, 0.25) is 0 Å². The van der Waals surface area contributed by atoms with Gasteiger partial charge in [-0.1, -0.05) is 34.6 Å². The molecule has 0 radical (unpaired) electrons. The quantitative estimate of drug-likeness (QED) is 0.743. The predicted octanol–water partition coefficient (Wildman–Crippen LogP) is 3.13. The summed E-state index contributed by atoms with van der Waals surface area (Å²) in [5.74, 6) is 0. The highest BCUT2D eigenvalue weighted by Crippen LogP contribution is 2.27. The number of hydrogen-bond donors (Lipinski definition) is 1. The molecule has 1 fully saturated rings. The number of likely N-dealkylation sites (tertiary alicyclic amines) is 1. The van der Waals surface area contributed by atoms with Crippen LogP contribution in [0, 0.1) is 10.8 Å². The van der Waals surface area contributed by atoms with Gasteiger partial charge >= 0.3 is 0 Å². The number of nitrogens with one attached hydrogen (secondary N) is 1. The third kappa shape index (κ3) is 7.05. The Hall–Kier alpha value is -0.0800. The zero-order valence-electron chi connectivity index (χ0n) is 12.6. The van der Waals surface area contributed by atoms with E-state index in [1.807, 2.05) is 0 Å². The van der Waals surface area contributed by atoms with E-state index in [4.69, 9.17) is 0 Å². The van der Waals surface area contributed by atoms with Gasteiger partial charge < -0.3 is 10.2 Å². The van der Waals surface area contributed by atoms with Crippen LogP contribution in [-0.2, 0) is 0 Å². The van der Waals surface area contributed by atoms with Gasteiger partial charge in [0, 0.05) is 19.6 Å². The summed E-state index contributed by atoms with van der Waals surface area (Å²) in [6.07, 6.45) is 4.02. The molecule has 0 aromatic carbocycles. The third-order valence-electron chi connectivity index (χ3n) is 3.64. The zero-order valence-corrected chi connectivity index (χ0v) is 12.6. The molecule has 1 heterocycles. The summed E-state index contributed by atoms with van der Waals surface area (Å²) in [5.41, 5.74) is 0.990. The minimum absolute atomic E-state index is 0.458. The lowest BCUT2D eigenvalue weighted by molar-refractivity contribution is 0.118. The summed E-state index contributed by atoms with van der Waals surface area (Å²) >= 11 is 0. The van der Waals surface area contributed by atoms with Crippen molar-refractivity contribution in [3.63, 3.8) is 0 Å². The van der Waals surface area contributed by atoms with Gasteiger partial charge in [-0.15, -0.1) is 0 Å². The maximum absolute atomic E-state index is 3.57. The molecule has 102 valence electrons. The van der Waals surface area contributed by atoms with Crippen LogP contribution in [0.2, 0.25) is 0 Å². The van der Waals surface area contributed by atoms with E-state index >= 15 is 0 Å². The van der Waals surface area contributed by atoms with E-state index in [2.05, 4.69) is 44.8 Å². The van der Waals surface area contributed by atoms with Crippen LogP contribution in [0.1, 0.15) is 53.9 Å². The normalized spacial score (nSPS) is 21.7. The number of piperidine rings is 1. The second kappa shape index (κ2) is 6.19. The average Bonchev–Trinajstić information content (AvgIpc) is 2.13. The molecule has 17 heavy (non-hydrogen) atoms. The summed E-state index contributed by atoms with van der Waals surface area (Å²) in [5, 5.41) is 3.57. The maximum atomic E-state index is 3.57. The SMILES string of the molecule is CC(C)(C)CCNCCN1CCCC(C)(C)C1. The van der Waals surface area contributed by atoms with Crippen molar-refractivity contribution in [2.24, 2.45) is 10.8 Å². The first-order valence-electron chi connectivity index (χ1n) is 7.22. The molecule has 0 spiro atoms. The van der Waals surface area contributed by atoms with Gasteiger partial charge in [0.1, 0.15) is 0 Å². The second-order valence-electron chi connectivity index (χ2n) is 7.60. The Balaban J connectivity index is 2.07. The third-order valence-corrected chi connectivity index (χ3v) is 3.64. The van der Waals surface area contributed by atoms with E-state index in [9.17, 15) is 0 Å². The Morgan fingerprint density at radius 1 is 1.18 bits per heavy atom. The van der Waals surface area contributed by atoms with Crippen LogP contribution in [0.15, 0.2) is 0 Å². The molecule has 0 unspecified atom stereocenters. The summed E-state index contributed by atoms with van der Waals surface area (Å²) in [7, 11) is 0. The van der Waals surface area contributed by atoms with Gasteiger partial charge in [-0.3, -0.25) is 0 Å². The van der Waals surface area contributed by atoms with E-state index in [-0.39, 0.29) is 0 Å². The van der Waals surface area contributed by atoms with Gasteiger partial charge in [0.15, 0.2) is 0 Å².